The van der Waals surface area contributed by atoms with E-state index in [1.807, 2.05) is 43.3 Å². The first kappa shape index (κ1) is 24.0. The van der Waals surface area contributed by atoms with Gasteiger partial charge in [-0.1, -0.05) is 30.3 Å². The Morgan fingerprint density at radius 2 is 1.89 bits per heavy atom. The molecule has 178 valence electrons. The topological polar surface area (TPSA) is 93.2 Å². The Balaban J connectivity index is 1.26. The maximum Gasteiger partial charge on any atom is 0.260 e. The molecule has 2 amide bonds. The molecule has 0 fully saturated rings. The van der Waals surface area contributed by atoms with Crippen LogP contribution in [0.15, 0.2) is 78.4 Å². The van der Waals surface area contributed by atoms with Crippen molar-refractivity contribution in [2.45, 2.75) is 26.0 Å². The third-order valence-corrected chi connectivity index (χ3v) is 5.92. The molecule has 0 aliphatic rings. The number of pyridine rings is 1. The zero-order chi connectivity index (χ0) is 24.6. The first-order valence-corrected chi connectivity index (χ1v) is 11.8. The van der Waals surface area contributed by atoms with Crippen molar-refractivity contribution in [3.63, 3.8) is 0 Å². The van der Waals surface area contributed by atoms with Crippen LogP contribution in [0.2, 0.25) is 0 Å². The van der Waals surface area contributed by atoms with Crippen molar-refractivity contribution in [2.75, 3.05) is 5.32 Å². The van der Waals surface area contributed by atoms with Crippen LogP contribution in [0.1, 0.15) is 40.1 Å². The van der Waals surface area contributed by atoms with Crippen LogP contribution in [-0.4, -0.2) is 21.8 Å². The molecule has 2 heterocycles. The number of anilines is 1. The third kappa shape index (κ3) is 6.70. The molecule has 1 atom stereocenters. The average Bonchev–Trinajstić information content (AvgIpc) is 3.30. The summed E-state index contributed by atoms with van der Waals surface area (Å²) in [6.07, 6.45) is 3.53. The Bertz CT molecular complexity index is 1300. The number of aromatic nitrogens is 2. The molecule has 0 radical (unpaired) electrons. The Morgan fingerprint density at radius 1 is 1.09 bits per heavy atom. The van der Waals surface area contributed by atoms with Crippen molar-refractivity contribution in [1.82, 2.24) is 15.3 Å². The van der Waals surface area contributed by atoms with Gasteiger partial charge in [-0.3, -0.25) is 19.9 Å². The fraction of sp³-hybridized carbons (Fsp3) is 0.154. The van der Waals surface area contributed by atoms with Gasteiger partial charge in [-0.15, -0.1) is 11.3 Å². The summed E-state index contributed by atoms with van der Waals surface area (Å²) in [5.74, 6) is -0.673. The van der Waals surface area contributed by atoms with Gasteiger partial charge in [0.1, 0.15) is 18.2 Å². The summed E-state index contributed by atoms with van der Waals surface area (Å²) in [6.45, 7) is 2.32. The molecule has 0 saturated carbocycles. The molecule has 7 nitrogen and oxygen atoms in total. The molecule has 2 aromatic heterocycles. The minimum Gasteiger partial charge on any atom is -0.489 e. The molecule has 35 heavy (non-hydrogen) atoms. The Labute approximate surface area is 206 Å². The number of hydrogen-bond donors (Lipinski definition) is 2. The van der Waals surface area contributed by atoms with E-state index in [4.69, 9.17) is 4.74 Å². The van der Waals surface area contributed by atoms with E-state index in [-0.39, 0.29) is 23.9 Å². The van der Waals surface area contributed by atoms with Gasteiger partial charge in [-0.2, -0.15) is 0 Å². The van der Waals surface area contributed by atoms with Gasteiger partial charge in [-0.05, 0) is 42.8 Å². The molecule has 2 N–H and O–H groups in total. The van der Waals surface area contributed by atoms with Crippen molar-refractivity contribution in [2.24, 2.45) is 0 Å². The van der Waals surface area contributed by atoms with E-state index < -0.39 is 11.7 Å². The number of nitrogens with zero attached hydrogens (tertiary/aromatic N) is 2. The second-order valence-corrected chi connectivity index (χ2v) is 8.62. The number of thiazole rings is 1. The van der Waals surface area contributed by atoms with Crippen molar-refractivity contribution in [1.29, 1.82) is 0 Å². The maximum atomic E-state index is 13.8. The quantitative estimate of drug-likeness (QED) is 0.347. The summed E-state index contributed by atoms with van der Waals surface area (Å²) in [7, 11) is 0. The summed E-state index contributed by atoms with van der Waals surface area (Å²) in [4.78, 5) is 33.1. The molecule has 0 spiro atoms. The second-order valence-electron chi connectivity index (χ2n) is 7.76. The van der Waals surface area contributed by atoms with Crippen LogP contribution < -0.4 is 15.4 Å². The fourth-order valence-corrected chi connectivity index (χ4v) is 4.00. The Morgan fingerprint density at radius 3 is 2.63 bits per heavy atom. The van der Waals surface area contributed by atoms with Gasteiger partial charge in [-0.25, -0.2) is 9.37 Å². The van der Waals surface area contributed by atoms with Crippen molar-refractivity contribution < 1.29 is 18.7 Å². The number of ether oxygens (including phenoxy) is 1. The smallest absolute Gasteiger partial charge is 0.260 e. The van der Waals surface area contributed by atoms with Crippen LogP contribution in [0, 0.1) is 5.82 Å². The first-order valence-electron chi connectivity index (χ1n) is 10.9. The number of hydrogen-bond acceptors (Lipinski definition) is 6. The third-order valence-electron chi connectivity index (χ3n) is 5.12. The summed E-state index contributed by atoms with van der Waals surface area (Å²) >= 11 is 1.18. The highest BCUT2D eigenvalue weighted by Crippen LogP contribution is 2.20. The highest BCUT2D eigenvalue weighted by atomic mass is 32.1. The summed E-state index contributed by atoms with van der Waals surface area (Å²) in [6, 6.07) is 16.8. The Kier molecular flexibility index (Phi) is 7.79. The number of halogens is 1. The predicted molar refractivity (Wildman–Crippen MR) is 132 cm³/mol. The summed E-state index contributed by atoms with van der Waals surface area (Å²) < 4.78 is 19.5. The first-order chi connectivity index (χ1) is 17.0. The Hall–Kier alpha value is -4.11. The molecule has 0 saturated heterocycles. The molecular weight excluding hydrogens is 467 g/mol. The van der Waals surface area contributed by atoms with Gasteiger partial charge < -0.3 is 10.1 Å². The van der Waals surface area contributed by atoms with Crippen LogP contribution in [0.4, 0.5) is 9.52 Å². The SMILES string of the molecule is CC(NC(=O)Cc1csc(NC(=O)c2ccccc2F)n1)c1ccc(OCc2cccnc2)cc1. The largest absolute Gasteiger partial charge is 0.489 e. The molecule has 1 unspecified atom stereocenters. The average molecular weight is 491 g/mol. The molecule has 0 aliphatic carbocycles. The second kappa shape index (κ2) is 11.3. The maximum absolute atomic E-state index is 13.8. The molecule has 4 aromatic rings. The summed E-state index contributed by atoms with van der Waals surface area (Å²) in [5.41, 5.74) is 2.37. The number of benzene rings is 2. The van der Waals surface area contributed by atoms with E-state index in [1.54, 1.807) is 23.8 Å². The molecule has 9 heteroatoms. The number of carbonyl (C=O) groups is 2. The molecule has 0 aliphatic heterocycles. The van der Waals surface area contributed by atoms with Crippen LogP contribution in [0.5, 0.6) is 5.75 Å². The van der Waals surface area contributed by atoms with E-state index in [0.717, 1.165) is 16.9 Å². The standard InChI is InChI=1S/C26H23FN4O3S/c1-17(19-8-10-21(11-9-19)34-15-18-5-4-12-28-14-18)29-24(32)13-20-16-35-26(30-20)31-25(33)22-6-2-3-7-23(22)27/h2-12,14,16-17H,13,15H2,1H3,(H,29,32)(H,30,31,33). The zero-order valence-corrected chi connectivity index (χ0v) is 19.7. The number of rotatable bonds is 9. The van der Waals surface area contributed by atoms with Gasteiger partial charge in [0.15, 0.2) is 5.13 Å². The summed E-state index contributed by atoms with van der Waals surface area (Å²) in [5, 5.41) is 7.50. The van der Waals surface area contributed by atoms with Gasteiger partial charge in [0.25, 0.3) is 5.91 Å². The lowest BCUT2D eigenvalue weighted by Crippen LogP contribution is -2.28. The number of carbonyl (C=O) groups excluding carboxylic acids is 2. The van der Waals surface area contributed by atoms with Crippen molar-refractivity contribution >= 4 is 28.3 Å². The van der Waals surface area contributed by atoms with E-state index in [2.05, 4.69) is 20.6 Å². The zero-order valence-electron chi connectivity index (χ0n) is 18.9. The molecule has 2 aromatic carbocycles. The van der Waals surface area contributed by atoms with Crippen LogP contribution in [0.3, 0.4) is 0 Å². The molecule has 0 bridgehead atoms. The lowest BCUT2D eigenvalue weighted by molar-refractivity contribution is -0.121. The minimum absolute atomic E-state index is 0.0582. The van der Waals surface area contributed by atoms with E-state index in [1.165, 1.54) is 29.5 Å². The van der Waals surface area contributed by atoms with Gasteiger partial charge in [0.05, 0.1) is 23.7 Å². The van der Waals surface area contributed by atoms with Gasteiger partial charge >= 0.3 is 0 Å². The lowest BCUT2D eigenvalue weighted by atomic mass is 10.1. The van der Waals surface area contributed by atoms with Crippen molar-refractivity contribution in [3.8, 4) is 5.75 Å². The molecular formula is C26H23FN4O3S. The van der Waals surface area contributed by atoms with E-state index >= 15 is 0 Å². The lowest BCUT2D eigenvalue weighted by Gasteiger charge is -2.15. The van der Waals surface area contributed by atoms with E-state index in [0.29, 0.717) is 17.4 Å². The highest BCUT2D eigenvalue weighted by molar-refractivity contribution is 7.14. The molecule has 4 rings (SSSR count). The number of amides is 2. The van der Waals surface area contributed by atoms with Gasteiger partial charge in [0.2, 0.25) is 5.91 Å². The van der Waals surface area contributed by atoms with Crippen molar-refractivity contribution in [3.05, 3.63) is 107 Å². The van der Waals surface area contributed by atoms with Crippen LogP contribution >= 0.6 is 11.3 Å². The van der Waals surface area contributed by atoms with Gasteiger partial charge in [0, 0.05) is 23.3 Å². The van der Waals surface area contributed by atoms with Crippen LogP contribution in [-0.2, 0) is 17.8 Å². The van der Waals surface area contributed by atoms with Crippen LogP contribution in [0.25, 0.3) is 0 Å². The monoisotopic (exact) mass is 490 g/mol. The minimum atomic E-state index is -0.608. The number of nitrogens with one attached hydrogen (secondary N) is 2. The predicted octanol–water partition coefficient (Wildman–Crippen LogP) is 4.93. The normalized spacial score (nSPS) is 11.5. The van der Waals surface area contributed by atoms with E-state index in [9.17, 15) is 14.0 Å². The highest BCUT2D eigenvalue weighted by Gasteiger charge is 2.15. The fourth-order valence-electron chi connectivity index (χ4n) is 3.30.